The van der Waals surface area contributed by atoms with Crippen LogP contribution in [0.1, 0.15) is 12.0 Å². The molecule has 1 amide bonds. The summed E-state index contributed by atoms with van der Waals surface area (Å²) in [6.07, 6.45) is 0.188. The Bertz CT molecular complexity index is 630. The number of halogens is 2. The Morgan fingerprint density at radius 1 is 1.29 bits per heavy atom. The van der Waals surface area contributed by atoms with Crippen LogP contribution in [0.3, 0.4) is 0 Å². The first-order chi connectivity index (χ1) is 10.0. The minimum Gasteiger partial charge on any atom is -0.493 e. The summed E-state index contributed by atoms with van der Waals surface area (Å²) in [7, 11) is 0. The minimum absolute atomic E-state index is 0.0196. The van der Waals surface area contributed by atoms with E-state index in [0.717, 1.165) is 11.3 Å². The lowest BCUT2D eigenvalue weighted by molar-refractivity contribution is -0.116. The van der Waals surface area contributed by atoms with Crippen LogP contribution in [0.5, 0.6) is 5.75 Å². The maximum atomic E-state index is 11.8. The van der Waals surface area contributed by atoms with Gasteiger partial charge in [-0.25, -0.2) is 9.97 Å². The number of rotatable bonds is 5. The zero-order chi connectivity index (χ0) is 15.2. The summed E-state index contributed by atoms with van der Waals surface area (Å²) < 4.78 is 5.50. The van der Waals surface area contributed by atoms with Gasteiger partial charge in [-0.15, -0.1) is 0 Å². The lowest BCUT2D eigenvalue weighted by Gasteiger charge is -2.07. The molecule has 2 aromatic rings. The summed E-state index contributed by atoms with van der Waals surface area (Å²) in [5.74, 6) is 0.755. The van der Waals surface area contributed by atoms with Crippen LogP contribution in [0.4, 0.5) is 5.82 Å². The third kappa shape index (κ3) is 5.21. The molecule has 110 valence electrons. The average molecular weight is 326 g/mol. The second-order valence-corrected chi connectivity index (χ2v) is 5.03. The number of amides is 1. The van der Waals surface area contributed by atoms with E-state index in [9.17, 15) is 4.79 Å². The van der Waals surface area contributed by atoms with E-state index in [2.05, 4.69) is 15.3 Å². The summed E-state index contributed by atoms with van der Waals surface area (Å²) in [6, 6.07) is 9.04. The molecule has 21 heavy (non-hydrogen) atoms. The normalized spacial score (nSPS) is 10.2. The first-order valence-corrected chi connectivity index (χ1v) is 6.98. The average Bonchev–Trinajstić information content (AvgIpc) is 2.37. The van der Waals surface area contributed by atoms with Crippen LogP contribution >= 0.6 is 23.2 Å². The van der Waals surface area contributed by atoms with Gasteiger partial charge in [-0.1, -0.05) is 23.7 Å². The van der Waals surface area contributed by atoms with Crippen molar-refractivity contribution in [3.8, 4) is 5.75 Å². The molecule has 1 aromatic heterocycles. The summed E-state index contributed by atoms with van der Waals surface area (Å²) in [5.41, 5.74) is 1.10. The Hall–Kier alpha value is -1.85. The summed E-state index contributed by atoms with van der Waals surface area (Å²) in [6.45, 7) is 2.24. The summed E-state index contributed by atoms with van der Waals surface area (Å²) >= 11 is 11.4. The van der Waals surface area contributed by atoms with Gasteiger partial charge in [0.2, 0.25) is 11.2 Å². The zero-order valence-electron chi connectivity index (χ0n) is 11.3. The number of nitrogens with zero attached hydrogens (tertiary/aromatic N) is 2. The molecule has 2 rings (SSSR count). The van der Waals surface area contributed by atoms with Gasteiger partial charge >= 0.3 is 0 Å². The molecular formula is C14H13Cl2N3O2. The Labute approximate surface area is 132 Å². The van der Waals surface area contributed by atoms with Crippen molar-refractivity contribution in [3.63, 3.8) is 0 Å². The predicted molar refractivity (Wildman–Crippen MR) is 82.0 cm³/mol. The SMILES string of the molecule is Cc1cccc(OCCC(=O)Nc2cc(Cl)nc(Cl)n2)c1. The molecule has 0 spiro atoms. The molecule has 0 aliphatic carbocycles. The van der Waals surface area contributed by atoms with Gasteiger partial charge in [0.25, 0.3) is 0 Å². The first kappa shape index (κ1) is 15.5. The fourth-order valence-electron chi connectivity index (χ4n) is 1.63. The molecule has 0 aliphatic rings. The molecule has 1 N–H and O–H groups in total. The zero-order valence-corrected chi connectivity index (χ0v) is 12.8. The molecular weight excluding hydrogens is 313 g/mol. The molecule has 0 fully saturated rings. The lowest BCUT2D eigenvalue weighted by atomic mass is 10.2. The number of hydrogen-bond acceptors (Lipinski definition) is 4. The second-order valence-electron chi connectivity index (χ2n) is 4.31. The van der Waals surface area contributed by atoms with Crippen LogP contribution < -0.4 is 10.1 Å². The van der Waals surface area contributed by atoms with Crippen LogP contribution in [0.2, 0.25) is 10.4 Å². The van der Waals surface area contributed by atoms with Gasteiger partial charge in [-0.05, 0) is 36.2 Å². The number of hydrogen-bond donors (Lipinski definition) is 1. The van der Waals surface area contributed by atoms with Crippen LogP contribution in [-0.2, 0) is 4.79 Å². The van der Waals surface area contributed by atoms with Crippen molar-refractivity contribution in [1.29, 1.82) is 0 Å². The van der Waals surface area contributed by atoms with Crippen molar-refractivity contribution < 1.29 is 9.53 Å². The maximum Gasteiger partial charge on any atom is 0.228 e. The molecule has 5 nitrogen and oxygen atoms in total. The van der Waals surface area contributed by atoms with Crippen molar-refractivity contribution in [1.82, 2.24) is 9.97 Å². The Morgan fingerprint density at radius 2 is 2.10 bits per heavy atom. The minimum atomic E-state index is -0.242. The number of anilines is 1. The molecule has 1 aromatic carbocycles. The lowest BCUT2D eigenvalue weighted by Crippen LogP contribution is -2.16. The fraction of sp³-hybridized carbons (Fsp3) is 0.214. The number of nitrogens with one attached hydrogen (secondary N) is 1. The van der Waals surface area contributed by atoms with Gasteiger partial charge in [0.1, 0.15) is 16.7 Å². The van der Waals surface area contributed by atoms with Crippen LogP contribution in [-0.4, -0.2) is 22.5 Å². The number of ether oxygens (including phenoxy) is 1. The van der Waals surface area contributed by atoms with Crippen LogP contribution in [0.15, 0.2) is 30.3 Å². The van der Waals surface area contributed by atoms with Gasteiger partial charge in [-0.2, -0.15) is 0 Å². The first-order valence-electron chi connectivity index (χ1n) is 6.22. The molecule has 0 saturated carbocycles. The van der Waals surface area contributed by atoms with E-state index < -0.39 is 0 Å². The third-order valence-electron chi connectivity index (χ3n) is 2.52. The van der Waals surface area contributed by atoms with E-state index in [1.807, 2.05) is 31.2 Å². The number of aryl methyl sites for hydroxylation is 1. The van der Waals surface area contributed by atoms with Crippen molar-refractivity contribution in [2.75, 3.05) is 11.9 Å². The number of carbonyl (C=O) groups excluding carboxylic acids is 1. The van der Waals surface area contributed by atoms with E-state index in [0.29, 0.717) is 0 Å². The van der Waals surface area contributed by atoms with Crippen molar-refractivity contribution in [2.45, 2.75) is 13.3 Å². The van der Waals surface area contributed by atoms with Crippen LogP contribution in [0.25, 0.3) is 0 Å². The van der Waals surface area contributed by atoms with Crippen molar-refractivity contribution >= 4 is 34.9 Å². The quantitative estimate of drug-likeness (QED) is 0.675. The Kier molecular flexibility index (Phi) is 5.36. The summed E-state index contributed by atoms with van der Waals surface area (Å²) in [5, 5.41) is 2.73. The van der Waals surface area contributed by atoms with Crippen molar-refractivity contribution in [3.05, 3.63) is 46.3 Å². The maximum absolute atomic E-state index is 11.8. The van der Waals surface area contributed by atoms with Gasteiger partial charge < -0.3 is 10.1 Å². The smallest absolute Gasteiger partial charge is 0.228 e. The molecule has 0 aliphatic heterocycles. The second kappa shape index (κ2) is 7.24. The van der Waals surface area contributed by atoms with E-state index in [1.165, 1.54) is 6.07 Å². The highest BCUT2D eigenvalue weighted by atomic mass is 35.5. The topological polar surface area (TPSA) is 64.1 Å². The molecule has 0 atom stereocenters. The van der Waals surface area contributed by atoms with Gasteiger partial charge in [0.15, 0.2) is 0 Å². The largest absolute Gasteiger partial charge is 0.493 e. The number of benzene rings is 1. The molecule has 0 saturated heterocycles. The number of aromatic nitrogens is 2. The van der Waals surface area contributed by atoms with E-state index in [4.69, 9.17) is 27.9 Å². The Morgan fingerprint density at radius 3 is 2.81 bits per heavy atom. The van der Waals surface area contributed by atoms with E-state index in [1.54, 1.807) is 0 Å². The molecule has 1 heterocycles. The molecule has 0 unspecified atom stereocenters. The van der Waals surface area contributed by atoms with Gasteiger partial charge in [-0.3, -0.25) is 4.79 Å². The van der Waals surface area contributed by atoms with Gasteiger partial charge in [0, 0.05) is 6.07 Å². The predicted octanol–water partition coefficient (Wildman–Crippen LogP) is 3.50. The Balaban J connectivity index is 1.82. The third-order valence-corrected chi connectivity index (χ3v) is 2.89. The summed E-state index contributed by atoms with van der Waals surface area (Å²) in [4.78, 5) is 19.3. The monoisotopic (exact) mass is 325 g/mol. The van der Waals surface area contributed by atoms with E-state index in [-0.39, 0.29) is 35.2 Å². The molecule has 0 radical (unpaired) electrons. The highest BCUT2D eigenvalue weighted by Gasteiger charge is 2.06. The highest BCUT2D eigenvalue weighted by molar-refractivity contribution is 6.32. The molecule has 0 bridgehead atoms. The molecule has 7 heteroatoms. The van der Waals surface area contributed by atoms with Crippen LogP contribution in [0, 0.1) is 6.92 Å². The van der Waals surface area contributed by atoms with Crippen molar-refractivity contribution in [2.24, 2.45) is 0 Å². The number of carbonyl (C=O) groups is 1. The standard InChI is InChI=1S/C14H13Cl2N3O2/c1-9-3-2-4-10(7-9)21-6-5-13(20)18-12-8-11(15)17-14(16)19-12/h2-4,7-8H,5-6H2,1H3,(H,17,18,19,20). The van der Waals surface area contributed by atoms with E-state index >= 15 is 0 Å². The van der Waals surface area contributed by atoms with Gasteiger partial charge in [0.05, 0.1) is 13.0 Å². The highest BCUT2D eigenvalue weighted by Crippen LogP contribution is 2.15. The fourth-order valence-corrected chi connectivity index (χ4v) is 2.03.